The number of aromatic nitrogens is 2. The topological polar surface area (TPSA) is 87.9 Å². The number of nitriles is 1. The van der Waals surface area contributed by atoms with Crippen molar-refractivity contribution in [1.29, 1.82) is 5.26 Å². The minimum Gasteiger partial charge on any atom is -0.328 e. The van der Waals surface area contributed by atoms with Crippen molar-refractivity contribution in [1.82, 2.24) is 14.5 Å². The van der Waals surface area contributed by atoms with Gasteiger partial charge in [-0.1, -0.05) is 0 Å². The quantitative estimate of drug-likeness (QED) is 0.900. The van der Waals surface area contributed by atoms with Crippen molar-refractivity contribution in [3.05, 3.63) is 40.3 Å². The molecule has 2 N–H and O–H groups in total. The van der Waals surface area contributed by atoms with Gasteiger partial charge in [0.1, 0.15) is 0 Å². The molecule has 6 heteroatoms. The van der Waals surface area contributed by atoms with Gasteiger partial charge in [0.25, 0.3) is 5.56 Å². The first-order valence-electron chi connectivity index (χ1n) is 7.55. The number of fused-ring (bicyclic) bond motifs is 1. The second-order valence-electron chi connectivity index (χ2n) is 5.74. The molecule has 1 fully saturated rings. The standard InChI is InChI=1S/C16H19N5O/c17-10-12-1-2-15-14(9-12)19-11-16(22)21(15)8-7-20-5-3-13(18)4-6-20/h1-2,9,11,13H,3-8,18H2. The maximum absolute atomic E-state index is 12.1. The Morgan fingerprint density at radius 2 is 2.09 bits per heavy atom. The second kappa shape index (κ2) is 6.26. The van der Waals surface area contributed by atoms with Crippen LogP contribution in [-0.2, 0) is 6.54 Å². The van der Waals surface area contributed by atoms with E-state index in [2.05, 4.69) is 16.0 Å². The van der Waals surface area contributed by atoms with E-state index in [9.17, 15) is 4.79 Å². The van der Waals surface area contributed by atoms with Crippen molar-refractivity contribution in [2.75, 3.05) is 19.6 Å². The molecule has 6 nitrogen and oxygen atoms in total. The fraction of sp³-hybridized carbons (Fsp3) is 0.438. The van der Waals surface area contributed by atoms with E-state index < -0.39 is 0 Å². The molecule has 1 aromatic carbocycles. The van der Waals surface area contributed by atoms with Crippen LogP contribution in [0.1, 0.15) is 18.4 Å². The molecule has 1 aliphatic rings. The molecule has 1 aromatic heterocycles. The Morgan fingerprint density at radius 1 is 1.32 bits per heavy atom. The van der Waals surface area contributed by atoms with E-state index in [1.165, 1.54) is 6.20 Å². The molecule has 0 saturated carbocycles. The summed E-state index contributed by atoms with van der Waals surface area (Å²) in [5, 5.41) is 8.95. The van der Waals surface area contributed by atoms with Gasteiger partial charge in [0, 0.05) is 19.1 Å². The highest BCUT2D eigenvalue weighted by atomic mass is 16.1. The van der Waals surface area contributed by atoms with Gasteiger partial charge in [-0.25, -0.2) is 4.98 Å². The highest BCUT2D eigenvalue weighted by molar-refractivity contribution is 5.76. The van der Waals surface area contributed by atoms with Crippen LogP contribution in [0.2, 0.25) is 0 Å². The summed E-state index contributed by atoms with van der Waals surface area (Å²) in [4.78, 5) is 18.6. The Morgan fingerprint density at radius 3 is 2.82 bits per heavy atom. The maximum Gasteiger partial charge on any atom is 0.269 e. The summed E-state index contributed by atoms with van der Waals surface area (Å²) >= 11 is 0. The van der Waals surface area contributed by atoms with E-state index in [0.717, 1.165) is 38.0 Å². The lowest BCUT2D eigenvalue weighted by Gasteiger charge is -2.30. The number of benzene rings is 1. The van der Waals surface area contributed by atoms with Crippen molar-refractivity contribution in [3.63, 3.8) is 0 Å². The molecule has 114 valence electrons. The molecule has 22 heavy (non-hydrogen) atoms. The molecule has 0 amide bonds. The third-order valence-electron chi connectivity index (χ3n) is 4.25. The summed E-state index contributed by atoms with van der Waals surface area (Å²) < 4.78 is 1.73. The van der Waals surface area contributed by atoms with Crippen LogP contribution in [0, 0.1) is 11.3 Å². The molecule has 0 unspecified atom stereocenters. The van der Waals surface area contributed by atoms with Gasteiger partial charge < -0.3 is 15.2 Å². The number of likely N-dealkylation sites (tertiary alicyclic amines) is 1. The van der Waals surface area contributed by atoms with Gasteiger partial charge in [-0.2, -0.15) is 5.26 Å². The molecular formula is C16H19N5O. The fourth-order valence-corrected chi connectivity index (χ4v) is 2.89. The number of hydrogen-bond donors (Lipinski definition) is 1. The minimum atomic E-state index is -0.106. The van der Waals surface area contributed by atoms with E-state index in [-0.39, 0.29) is 5.56 Å². The molecule has 1 saturated heterocycles. The normalized spacial score (nSPS) is 16.7. The number of nitrogens with two attached hydrogens (primary N) is 1. The van der Waals surface area contributed by atoms with Crippen molar-refractivity contribution >= 4 is 11.0 Å². The lowest BCUT2D eigenvalue weighted by molar-refractivity contribution is 0.206. The van der Waals surface area contributed by atoms with Crippen LogP contribution in [0.5, 0.6) is 0 Å². The van der Waals surface area contributed by atoms with Crippen LogP contribution in [0.25, 0.3) is 11.0 Å². The van der Waals surface area contributed by atoms with E-state index >= 15 is 0 Å². The first-order valence-corrected chi connectivity index (χ1v) is 7.55. The lowest BCUT2D eigenvalue weighted by atomic mass is 10.1. The van der Waals surface area contributed by atoms with Gasteiger partial charge in [-0.05, 0) is 44.1 Å². The average Bonchev–Trinajstić information content (AvgIpc) is 2.55. The van der Waals surface area contributed by atoms with Gasteiger partial charge in [-0.15, -0.1) is 0 Å². The van der Waals surface area contributed by atoms with Crippen molar-refractivity contribution in [2.24, 2.45) is 5.73 Å². The molecule has 3 rings (SSSR count). The van der Waals surface area contributed by atoms with Crippen molar-refractivity contribution < 1.29 is 0 Å². The van der Waals surface area contributed by atoms with Gasteiger partial charge in [0.2, 0.25) is 0 Å². The summed E-state index contributed by atoms with van der Waals surface area (Å²) in [7, 11) is 0. The van der Waals surface area contributed by atoms with E-state index in [0.29, 0.717) is 23.7 Å². The smallest absolute Gasteiger partial charge is 0.269 e. The van der Waals surface area contributed by atoms with Gasteiger partial charge in [0.15, 0.2) is 0 Å². The zero-order chi connectivity index (χ0) is 15.5. The number of rotatable bonds is 3. The summed E-state index contributed by atoms with van der Waals surface area (Å²) in [6.45, 7) is 3.42. The Labute approximate surface area is 128 Å². The Kier molecular flexibility index (Phi) is 4.18. The zero-order valence-corrected chi connectivity index (χ0v) is 12.4. The minimum absolute atomic E-state index is 0.106. The van der Waals surface area contributed by atoms with Crippen LogP contribution in [-0.4, -0.2) is 40.1 Å². The van der Waals surface area contributed by atoms with E-state index in [4.69, 9.17) is 11.0 Å². The molecule has 0 spiro atoms. The molecule has 2 aromatic rings. The highest BCUT2D eigenvalue weighted by Gasteiger charge is 2.16. The summed E-state index contributed by atoms with van der Waals surface area (Å²) in [6.07, 6.45) is 3.35. The van der Waals surface area contributed by atoms with Crippen molar-refractivity contribution in [2.45, 2.75) is 25.4 Å². The van der Waals surface area contributed by atoms with Gasteiger partial charge in [0.05, 0.1) is 28.9 Å². The molecule has 0 atom stereocenters. The molecule has 0 radical (unpaired) electrons. The maximum atomic E-state index is 12.1. The fourth-order valence-electron chi connectivity index (χ4n) is 2.89. The number of hydrogen-bond acceptors (Lipinski definition) is 5. The predicted molar refractivity (Wildman–Crippen MR) is 84.4 cm³/mol. The van der Waals surface area contributed by atoms with E-state index in [1.54, 1.807) is 22.8 Å². The molecule has 2 heterocycles. The third-order valence-corrected chi connectivity index (χ3v) is 4.25. The SMILES string of the molecule is N#Cc1ccc2c(c1)ncc(=O)n2CCN1CCC(N)CC1. The van der Waals surface area contributed by atoms with Crippen LogP contribution >= 0.6 is 0 Å². The largest absolute Gasteiger partial charge is 0.328 e. The second-order valence-corrected chi connectivity index (χ2v) is 5.74. The number of piperidine rings is 1. The monoisotopic (exact) mass is 297 g/mol. The van der Waals surface area contributed by atoms with Gasteiger partial charge in [-0.3, -0.25) is 4.79 Å². The first kappa shape index (κ1) is 14.7. The van der Waals surface area contributed by atoms with Crippen molar-refractivity contribution in [3.8, 4) is 6.07 Å². The van der Waals surface area contributed by atoms with Crippen LogP contribution in [0.15, 0.2) is 29.2 Å². The Hall–Kier alpha value is -2.23. The zero-order valence-electron chi connectivity index (χ0n) is 12.4. The summed E-state index contributed by atoms with van der Waals surface area (Å²) in [6, 6.07) is 7.64. The third kappa shape index (κ3) is 3.01. The Balaban J connectivity index is 1.82. The predicted octanol–water partition coefficient (Wildman–Crippen LogP) is 0.691. The van der Waals surface area contributed by atoms with Crippen LogP contribution in [0.4, 0.5) is 0 Å². The molecular weight excluding hydrogens is 278 g/mol. The molecule has 0 aliphatic carbocycles. The molecule has 1 aliphatic heterocycles. The highest BCUT2D eigenvalue weighted by Crippen LogP contribution is 2.13. The average molecular weight is 297 g/mol. The van der Waals surface area contributed by atoms with Crippen LogP contribution in [0.3, 0.4) is 0 Å². The number of nitrogens with zero attached hydrogens (tertiary/aromatic N) is 4. The first-order chi connectivity index (χ1) is 10.7. The lowest BCUT2D eigenvalue weighted by Crippen LogP contribution is -2.41. The Bertz CT molecular complexity index is 768. The summed E-state index contributed by atoms with van der Waals surface area (Å²) in [5.74, 6) is 0. The van der Waals surface area contributed by atoms with Crippen LogP contribution < -0.4 is 11.3 Å². The van der Waals surface area contributed by atoms with Gasteiger partial charge >= 0.3 is 0 Å². The van der Waals surface area contributed by atoms with E-state index in [1.807, 2.05) is 0 Å². The molecule has 0 bridgehead atoms. The summed E-state index contributed by atoms with van der Waals surface area (Å²) in [5.41, 5.74) is 7.82.